The van der Waals surface area contributed by atoms with Crippen LogP contribution in [-0.2, 0) is 14.8 Å². The first kappa shape index (κ1) is 23.2. The molecule has 0 saturated carbocycles. The van der Waals surface area contributed by atoms with Gasteiger partial charge in [0.1, 0.15) is 0 Å². The fourth-order valence-electron chi connectivity index (χ4n) is 3.54. The zero-order valence-corrected chi connectivity index (χ0v) is 19.1. The van der Waals surface area contributed by atoms with Crippen molar-refractivity contribution in [3.8, 4) is 0 Å². The molecule has 1 fully saturated rings. The summed E-state index contributed by atoms with van der Waals surface area (Å²) >= 11 is 6.03. The van der Waals surface area contributed by atoms with E-state index in [4.69, 9.17) is 11.6 Å². The van der Waals surface area contributed by atoms with Crippen molar-refractivity contribution in [3.63, 3.8) is 0 Å². The monoisotopic (exact) mass is 463 g/mol. The molecule has 3 rings (SSSR count). The van der Waals surface area contributed by atoms with Gasteiger partial charge in [0.15, 0.2) is 0 Å². The van der Waals surface area contributed by atoms with Crippen LogP contribution in [0.15, 0.2) is 53.4 Å². The summed E-state index contributed by atoms with van der Waals surface area (Å²) in [5, 5.41) is 3.07. The van der Waals surface area contributed by atoms with Crippen LogP contribution in [0.25, 0.3) is 0 Å². The molecule has 2 amide bonds. The number of anilines is 1. The number of likely N-dealkylation sites (N-methyl/N-ethyl adjacent to an activating group) is 1. The summed E-state index contributed by atoms with van der Waals surface area (Å²) < 4.78 is 27.2. The van der Waals surface area contributed by atoms with Crippen LogP contribution in [0.3, 0.4) is 0 Å². The lowest BCUT2D eigenvalue weighted by Crippen LogP contribution is -2.39. The highest BCUT2D eigenvalue weighted by Crippen LogP contribution is 2.24. The van der Waals surface area contributed by atoms with Crippen molar-refractivity contribution in [2.75, 3.05) is 32.0 Å². The summed E-state index contributed by atoms with van der Waals surface area (Å²) in [5.74, 6) is -0.442. The predicted octanol–water partition coefficient (Wildman–Crippen LogP) is 3.47. The van der Waals surface area contributed by atoms with Gasteiger partial charge in [0.05, 0.1) is 22.2 Å². The highest BCUT2D eigenvalue weighted by molar-refractivity contribution is 7.89. The molecule has 0 aliphatic carbocycles. The number of amides is 2. The van der Waals surface area contributed by atoms with E-state index in [-0.39, 0.29) is 23.3 Å². The summed E-state index contributed by atoms with van der Waals surface area (Å²) in [4.78, 5) is 26.3. The van der Waals surface area contributed by atoms with Crippen LogP contribution in [0.1, 0.15) is 30.1 Å². The van der Waals surface area contributed by atoms with Gasteiger partial charge in [-0.2, -0.15) is 4.31 Å². The lowest BCUT2D eigenvalue weighted by Gasteiger charge is -2.30. The number of sulfonamides is 1. The van der Waals surface area contributed by atoms with Gasteiger partial charge in [-0.15, -0.1) is 0 Å². The smallest absolute Gasteiger partial charge is 0.254 e. The maximum Gasteiger partial charge on any atom is 0.254 e. The lowest BCUT2D eigenvalue weighted by molar-refractivity contribution is -0.116. The highest BCUT2D eigenvalue weighted by Gasteiger charge is 2.28. The van der Waals surface area contributed by atoms with Crippen LogP contribution in [0.2, 0.25) is 5.02 Å². The van der Waals surface area contributed by atoms with Gasteiger partial charge >= 0.3 is 0 Å². The van der Waals surface area contributed by atoms with Crippen molar-refractivity contribution in [2.45, 2.75) is 24.7 Å². The molecular weight excluding hydrogens is 438 g/mol. The van der Waals surface area contributed by atoms with E-state index in [1.165, 1.54) is 40.5 Å². The molecule has 2 aromatic rings. The fourth-order valence-corrected chi connectivity index (χ4v) is 5.32. The number of nitrogens with zero attached hydrogens (tertiary/aromatic N) is 2. The molecule has 0 unspecified atom stereocenters. The Bertz CT molecular complexity index is 1060. The first-order valence-corrected chi connectivity index (χ1v) is 11.9. The number of carbonyl (C=O) groups excluding carboxylic acids is 2. The molecule has 166 valence electrons. The molecule has 1 N–H and O–H groups in total. The molecule has 0 bridgehead atoms. The van der Waals surface area contributed by atoms with Crippen LogP contribution < -0.4 is 5.32 Å². The van der Waals surface area contributed by atoms with Crippen LogP contribution in [-0.4, -0.2) is 56.1 Å². The van der Waals surface area contributed by atoms with E-state index in [1.54, 1.807) is 24.3 Å². The van der Waals surface area contributed by atoms with Crippen molar-refractivity contribution in [1.29, 1.82) is 0 Å². The van der Waals surface area contributed by atoms with Gasteiger partial charge in [0.25, 0.3) is 5.91 Å². The number of hydrogen-bond donors (Lipinski definition) is 1. The van der Waals surface area contributed by atoms with Crippen LogP contribution in [0.4, 0.5) is 5.69 Å². The maximum absolute atomic E-state index is 12.9. The number of carbonyl (C=O) groups is 2. The van der Waals surface area contributed by atoms with Crippen LogP contribution in [0, 0.1) is 5.92 Å². The van der Waals surface area contributed by atoms with Gasteiger partial charge in [0.2, 0.25) is 15.9 Å². The average Bonchev–Trinajstić information content (AvgIpc) is 2.75. The Kier molecular flexibility index (Phi) is 7.35. The molecule has 0 radical (unpaired) electrons. The van der Waals surface area contributed by atoms with Crippen molar-refractivity contribution >= 4 is 39.1 Å². The van der Waals surface area contributed by atoms with Crippen molar-refractivity contribution in [3.05, 3.63) is 59.1 Å². The van der Waals surface area contributed by atoms with E-state index in [0.29, 0.717) is 35.3 Å². The zero-order chi connectivity index (χ0) is 22.6. The number of benzene rings is 2. The molecule has 1 aliphatic rings. The van der Waals surface area contributed by atoms with Gasteiger partial charge < -0.3 is 10.2 Å². The predicted molar refractivity (Wildman–Crippen MR) is 121 cm³/mol. The lowest BCUT2D eigenvalue weighted by atomic mass is 10.0. The third-order valence-corrected chi connectivity index (χ3v) is 7.44. The second-order valence-corrected chi connectivity index (χ2v) is 10.2. The molecule has 9 heteroatoms. The Hall–Kier alpha value is -2.42. The molecular formula is C22H26ClN3O4S. The third-order valence-electron chi connectivity index (χ3n) is 5.23. The minimum atomic E-state index is -3.58. The van der Waals surface area contributed by atoms with Gasteiger partial charge in [-0.25, -0.2) is 8.42 Å². The van der Waals surface area contributed by atoms with Crippen molar-refractivity contribution < 1.29 is 18.0 Å². The summed E-state index contributed by atoms with van der Waals surface area (Å²) in [7, 11) is -2.08. The molecule has 1 atom stereocenters. The quantitative estimate of drug-likeness (QED) is 0.710. The van der Waals surface area contributed by atoms with E-state index < -0.39 is 10.0 Å². The number of piperidine rings is 1. The summed E-state index contributed by atoms with van der Waals surface area (Å²) in [6.45, 7) is 2.89. The minimum Gasteiger partial charge on any atom is -0.332 e. The summed E-state index contributed by atoms with van der Waals surface area (Å²) in [5.41, 5.74) is 0.774. The highest BCUT2D eigenvalue weighted by atomic mass is 35.5. The van der Waals surface area contributed by atoms with E-state index in [2.05, 4.69) is 5.32 Å². The van der Waals surface area contributed by atoms with Crippen molar-refractivity contribution in [2.24, 2.45) is 5.92 Å². The van der Waals surface area contributed by atoms with Gasteiger partial charge in [-0.05, 0) is 55.2 Å². The molecule has 2 aromatic carbocycles. The summed E-state index contributed by atoms with van der Waals surface area (Å²) in [6, 6.07) is 12.7. The first-order valence-electron chi connectivity index (χ1n) is 10.1. The molecule has 1 saturated heterocycles. The Morgan fingerprint density at radius 3 is 2.48 bits per heavy atom. The molecule has 0 spiro atoms. The second kappa shape index (κ2) is 9.80. The normalized spacial score (nSPS) is 17.2. The molecule has 1 heterocycles. The van der Waals surface area contributed by atoms with Crippen LogP contribution in [0.5, 0.6) is 0 Å². The SMILES string of the molecule is C[C@@H]1CCCN(S(=O)(=O)c2ccc(C(=O)N(C)CC(=O)Nc3ccccc3Cl)cc2)C1. The minimum absolute atomic E-state index is 0.164. The zero-order valence-electron chi connectivity index (χ0n) is 17.5. The fraction of sp³-hybridized carbons (Fsp3) is 0.364. The maximum atomic E-state index is 12.9. The molecule has 7 nitrogen and oxygen atoms in total. The topological polar surface area (TPSA) is 86.8 Å². The van der Waals surface area contributed by atoms with E-state index in [1.807, 2.05) is 6.92 Å². The Balaban J connectivity index is 1.64. The first-order chi connectivity index (χ1) is 14.7. The number of rotatable bonds is 6. The number of hydrogen-bond acceptors (Lipinski definition) is 4. The van der Waals surface area contributed by atoms with Crippen molar-refractivity contribution in [1.82, 2.24) is 9.21 Å². The van der Waals surface area contributed by atoms with Gasteiger partial charge in [0, 0.05) is 25.7 Å². The van der Waals surface area contributed by atoms with E-state index in [0.717, 1.165) is 12.8 Å². The standard InChI is InChI=1S/C22H26ClN3O4S/c1-16-6-5-13-26(14-16)31(29,30)18-11-9-17(10-12-18)22(28)25(2)15-21(27)24-20-8-4-3-7-19(20)23/h3-4,7-12,16H,5-6,13-15H2,1-2H3,(H,24,27)/t16-/m1/s1. The molecule has 0 aromatic heterocycles. The number of nitrogens with one attached hydrogen (secondary N) is 1. The van der Waals surface area contributed by atoms with Crippen LogP contribution >= 0.6 is 11.6 Å². The van der Waals surface area contributed by atoms with E-state index >= 15 is 0 Å². The van der Waals surface area contributed by atoms with Gasteiger partial charge in [-0.1, -0.05) is 30.7 Å². The Labute approximate surface area is 188 Å². The Morgan fingerprint density at radius 1 is 1.16 bits per heavy atom. The number of halogens is 1. The second-order valence-electron chi connectivity index (χ2n) is 7.82. The third kappa shape index (κ3) is 5.64. The number of para-hydroxylation sites is 1. The summed E-state index contributed by atoms with van der Waals surface area (Å²) in [6.07, 6.45) is 1.87. The largest absolute Gasteiger partial charge is 0.332 e. The molecule has 31 heavy (non-hydrogen) atoms. The Morgan fingerprint density at radius 2 is 1.84 bits per heavy atom. The van der Waals surface area contributed by atoms with E-state index in [9.17, 15) is 18.0 Å². The molecule has 1 aliphatic heterocycles. The average molecular weight is 464 g/mol. The van der Waals surface area contributed by atoms with Gasteiger partial charge in [-0.3, -0.25) is 9.59 Å².